The maximum absolute atomic E-state index is 12.8. The lowest BCUT2D eigenvalue weighted by molar-refractivity contribution is 0.236. The molecule has 0 N–H and O–H groups in total. The first-order valence-electron chi connectivity index (χ1n) is 11.8. The van der Waals surface area contributed by atoms with Gasteiger partial charge in [-0.1, -0.05) is 37.3 Å². The number of rotatable bonds is 8. The zero-order valence-corrected chi connectivity index (χ0v) is 19.1. The second-order valence-electron chi connectivity index (χ2n) is 8.70. The van der Waals surface area contributed by atoms with Gasteiger partial charge in [0.25, 0.3) is 5.56 Å². The lowest BCUT2D eigenvalue weighted by Crippen LogP contribution is -2.32. The number of hydrogen-bond acceptors (Lipinski definition) is 4. The first kappa shape index (κ1) is 21.5. The second-order valence-corrected chi connectivity index (χ2v) is 8.70. The van der Waals surface area contributed by atoms with Crippen LogP contribution in [0.4, 0.5) is 0 Å². The molecular weight excluding hydrogens is 412 g/mol. The van der Waals surface area contributed by atoms with E-state index in [9.17, 15) is 4.79 Å². The fourth-order valence-corrected chi connectivity index (χ4v) is 4.78. The Bertz CT molecular complexity index is 1280. The minimum absolute atomic E-state index is 0.119. The Balaban J connectivity index is 1.29. The molecule has 2 aromatic carbocycles. The summed E-state index contributed by atoms with van der Waals surface area (Å²) in [6.45, 7) is 5.81. The Morgan fingerprint density at radius 2 is 1.94 bits per heavy atom. The van der Waals surface area contributed by atoms with Crippen molar-refractivity contribution >= 4 is 10.9 Å². The monoisotopic (exact) mass is 442 g/mol. The van der Waals surface area contributed by atoms with Crippen LogP contribution in [-0.4, -0.2) is 38.4 Å². The van der Waals surface area contributed by atoms with Gasteiger partial charge in [0.1, 0.15) is 12.4 Å². The molecule has 1 fully saturated rings. The quantitative estimate of drug-likeness (QED) is 0.399. The minimum atomic E-state index is -0.119. The van der Waals surface area contributed by atoms with E-state index in [0.717, 1.165) is 35.2 Å². The molecule has 170 valence electrons. The third-order valence-corrected chi connectivity index (χ3v) is 6.61. The molecule has 0 aliphatic carbocycles. The summed E-state index contributed by atoms with van der Waals surface area (Å²) in [5.41, 5.74) is 2.88. The van der Waals surface area contributed by atoms with Gasteiger partial charge in [-0.15, -0.1) is 0 Å². The van der Waals surface area contributed by atoms with Gasteiger partial charge in [0, 0.05) is 35.9 Å². The normalized spacial score (nSPS) is 16.5. The maximum Gasteiger partial charge on any atom is 0.258 e. The van der Waals surface area contributed by atoms with E-state index in [1.165, 1.54) is 31.9 Å². The smallest absolute Gasteiger partial charge is 0.258 e. The Hall–Kier alpha value is -3.38. The molecule has 2 aromatic heterocycles. The largest absolute Gasteiger partial charge is 0.489 e. The van der Waals surface area contributed by atoms with Crippen LogP contribution in [0.5, 0.6) is 5.75 Å². The number of pyridine rings is 1. The summed E-state index contributed by atoms with van der Waals surface area (Å²) in [7, 11) is 0. The molecule has 4 aromatic rings. The van der Waals surface area contributed by atoms with E-state index in [2.05, 4.69) is 27.7 Å². The van der Waals surface area contributed by atoms with Crippen molar-refractivity contribution in [2.24, 2.45) is 0 Å². The molecule has 3 heterocycles. The molecule has 5 rings (SSSR count). The average Bonchev–Trinajstić information content (AvgIpc) is 3.48. The molecule has 0 spiro atoms. The van der Waals surface area contributed by atoms with Crippen LogP contribution in [0, 0.1) is 0 Å². The Labute approximate surface area is 194 Å². The molecule has 6 heteroatoms. The number of fused-ring (bicyclic) bond motifs is 1. The first-order chi connectivity index (χ1) is 16.2. The van der Waals surface area contributed by atoms with E-state index >= 15 is 0 Å². The molecule has 0 bridgehead atoms. The highest BCUT2D eigenvalue weighted by atomic mass is 16.5. The number of hydrogen-bond donors (Lipinski definition) is 0. The van der Waals surface area contributed by atoms with E-state index in [1.807, 2.05) is 54.7 Å². The number of aromatic nitrogens is 3. The molecular formula is C27H30N4O2. The fraction of sp³-hybridized carbons (Fsp3) is 0.333. The zero-order chi connectivity index (χ0) is 22.6. The highest BCUT2D eigenvalue weighted by Crippen LogP contribution is 2.21. The van der Waals surface area contributed by atoms with Crippen LogP contribution in [0.3, 0.4) is 0 Å². The van der Waals surface area contributed by atoms with Gasteiger partial charge in [-0.3, -0.25) is 18.9 Å². The van der Waals surface area contributed by atoms with Gasteiger partial charge in [-0.25, -0.2) is 0 Å². The maximum atomic E-state index is 12.8. The van der Waals surface area contributed by atoms with Crippen molar-refractivity contribution in [2.75, 3.05) is 13.1 Å². The summed E-state index contributed by atoms with van der Waals surface area (Å²) in [5.74, 6) is 0.571. The summed E-state index contributed by atoms with van der Waals surface area (Å²) >= 11 is 0. The summed E-state index contributed by atoms with van der Waals surface area (Å²) < 4.78 is 9.51. The third-order valence-electron chi connectivity index (χ3n) is 6.61. The van der Waals surface area contributed by atoms with Crippen LogP contribution in [0.25, 0.3) is 16.6 Å². The molecule has 1 aliphatic heterocycles. The summed E-state index contributed by atoms with van der Waals surface area (Å²) in [6, 6.07) is 20.1. The van der Waals surface area contributed by atoms with Crippen LogP contribution in [-0.2, 0) is 13.2 Å². The number of ether oxygens (including phenoxy) is 1. The molecule has 1 saturated heterocycles. The lowest BCUT2D eigenvalue weighted by atomic mass is 10.2. The summed E-state index contributed by atoms with van der Waals surface area (Å²) in [6.07, 6.45) is 7.49. The van der Waals surface area contributed by atoms with Crippen LogP contribution in [0.15, 0.2) is 77.9 Å². The number of likely N-dealkylation sites (tertiary alicyclic amines) is 1. The molecule has 6 nitrogen and oxygen atoms in total. The average molecular weight is 443 g/mol. The van der Waals surface area contributed by atoms with Crippen molar-refractivity contribution in [2.45, 2.75) is 45.4 Å². The van der Waals surface area contributed by atoms with E-state index in [-0.39, 0.29) is 5.56 Å². The van der Waals surface area contributed by atoms with Crippen molar-refractivity contribution < 1.29 is 4.74 Å². The molecule has 0 saturated carbocycles. The van der Waals surface area contributed by atoms with Crippen LogP contribution in [0.2, 0.25) is 0 Å². The van der Waals surface area contributed by atoms with E-state index < -0.39 is 0 Å². The fourth-order valence-electron chi connectivity index (χ4n) is 4.78. The van der Waals surface area contributed by atoms with Crippen LogP contribution < -0.4 is 10.3 Å². The molecule has 33 heavy (non-hydrogen) atoms. The second kappa shape index (κ2) is 9.63. The summed E-state index contributed by atoms with van der Waals surface area (Å²) in [4.78, 5) is 15.3. The van der Waals surface area contributed by atoms with Gasteiger partial charge < -0.3 is 4.74 Å². The van der Waals surface area contributed by atoms with Crippen molar-refractivity contribution in [3.63, 3.8) is 0 Å². The SMILES string of the molecule is CCC1CCCN1CCn1ncc2cc(-n3ccc(OCc4ccccc4)cc3=O)ccc21. The van der Waals surface area contributed by atoms with E-state index in [0.29, 0.717) is 18.4 Å². The van der Waals surface area contributed by atoms with E-state index in [1.54, 1.807) is 10.8 Å². The number of benzene rings is 2. The van der Waals surface area contributed by atoms with Crippen molar-refractivity contribution in [3.05, 3.63) is 89.0 Å². The number of nitrogens with zero attached hydrogens (tertiary/aromatic N) is 4. The zero-order valence-electron chi connectivity index (χ0n) is 19.1. The van der Waals surface area contributed by atoms with Crippen LogP contribution in [0.1, 0.15) is 31.7 Å². The molecule has 1 unspecified atom stereocenters. The highest BCUT2D eigenvalue weighted by molar-refractivity contribution is 5.80. The van der Waals surface area contributed by atoms with Crippen molar-refractivity contribution in [1.29, 1.82) is 0 Å². The van der Waals surface area contributed by atoms with Gasteiger partial charge in [0.15, 0.2) is 0 Å². The topological polar surface area (TPSA) is 52.3 Å². The lowest BCUT2D eigenvalue weighted by Gasteiger charge is -2.23. The summed E-state index contributed by atoms with van der Waals surface area (Å²) in [5, 5.41) is 5.65. The Kier molecular flexibility index (Phi) is 6.26. The van der Waals surface area contributed by atoms with Gasteiger partial charge in [0.05, 0.1) is 18.3 Å². The minimum Gasteiger partial charge on any atom is -0.489 e. The Morgan fingerprint density at radius 3 is 2.76 bits per heavy atom. The molecule has 0 radical (unpaired) electrons. The molecule has 1 aliphatic rings. The van der Waals surface area contributed by atoms with Gasteiger partial charge in [-0.05, 0) is 55.6 Å². The molecule has 1 atom stereocenters. The third kappa shape index (κ3) is 4.71. The molecule has 0 amide bonds. The van der Waals surface area contributed by atoms with Crippen molar-refractivity contribution in [1.82, 2.24) is 19.2 Å². The Morgan fingerprint density at radius 1 is 1.06 bits per heavy atom. The van der Waals surface area contributed by atoms with Gasteiger partial charge in [0.2, 0.25) is 0 Å². The van der Waals surface area contributed by atoms with Gasteiger partial charge in [-0.2, -0.15) is 5.10 Å². The van der Waals surface area contributed by atoms with Gasteiger partial charge >= 0.3 is 0 Å². The van der Waals surface area contributed by atoms with Crippen molar-refractivity contribution in [3.8, 4) is 11.4 Å². The first-order valence-corrected chi connectivity index (χ1v) is 11.8. The predicted molar refractivity (Wildman–Crippen MR) is 131 cm³/mol. The predicted octanol–water partition coefficient (Wildman–Crippen LogP) is 4.64. The highest BCUT2D eigenvalue weighted by Gasteiger charge is 2.22. The van der Waals surface area contributed by atoms with E-state index in [4.69, 9.17) is 4.74 Å². The van der Waals surface area contributed by atoms with Crippen LogP contribution >= 0.6 is 0 Å². The standard InChI is InChI=1S/C27H30N4O2/c1-2-23-9-6-13-29(23)15-16-31-26-11-10-24(17-22(26)19-28-31)30-14-12-25(18-27(30)32)33-20-21-7-4-3-5-8-21/h3-5,7-8,10-12,14,17-19,23H,2,6,9,13,15-16,20H2,1H3.